The number of aliphatic carboxylic acids is 1. The van der Waals surface area contributed by atoms with Crippen molar-refractivity contribution in [3.05, 3.63) is 0 Å². The number of likely N-dealkylation sites (N-methyl/N-ethyl adjacent to an activating group) is 1. The van der Waals surface area contributed by atoms with E-state index in [-0.39, 0.29) is 0 Å². The van der Waals surface area contributed by atoms with Crippen molar-refractivity contribution >= 4 is 5.97 Å². The fraction of sp³-hybridized carbons (Fsp3) is 0.900. The molecule has 15 heavy (non-hydrogen) atoms. The third-order valence-electron chi connectivity index (χ3n) is 2.67. The Morgan fingerprint density at radius 3 is 2.67 bits per heavy atom. The summed E-state index contributed by atoms with van der Waals surface area (Å²) in [6, 6.07) is -0.251. The van der Waals surface area contributed by atoms with Gasteiger partial charge in [0.1, 0.15) is 6.04 Å². The molecule has 0 heterocycles. The van der Waals surface area contributed by atoms with Crippen molar-refractivity contribution in [2.24, 2.45) is 5.73 Å². The molecule has 5 heteroatoms. The highest BCUT2D eigenvalue weighted by molar-refractivity contribution is 5.73. The lowest BCUT2D eigenvalue weighted by atomic mass is 10.2. The maximum Gasteiger partial charge on any atom is 0.321 e. The second-order valence-corrected chi connectivity index (χ2v) is 3.89. The molecule has 0 aliphatic heterocycles. The Morgan fingerprint density at radius 1 is 1.60 bits per heavy atom. The standard InChI is InChI=1S/C10H23N3O2/c1-4-8(2)13(3)6-5-12-7-9(11)10(14)15/h8-9,12H,4-7,11H2,1-3H3,(H,14,15). The summed E-state index contributed by atoms with van der Waals surface area (Å²) in [6.45, 7) is 6.31. The van der Waals surface area contributed by atoms with Crippen LogP contribution in [-0.2, 0) is 4.79 Å². The van der Waals surface area contributed by atoms with Crippen molar-refractivity contribution in [1.82, 2.24) is 10.2 Å². The normalized spacial score (nSPS) is 15.3. The molecule has 0 fully saturated rings. The molecule has 2 unspecified atom stereocenters. The van der Waals surface area contributed by atoms with Gasteiger partial charge in [0.15, 0.2) is 0 Å². The Bertz CT molecular complexity index is 188. The summed E-state index contributed by atoms with van der Waals surface area (Å²) in [5.41, 5.74) is 5.34. The van der Waals surface area contributed by atoms with Gasteiger partial charge in [-0.1, -0.05) is 6.92 Å². The molecule has 0 spiro atoms. The zero-order valence-electron chi connectivity index (χ0n) is 9.86. The Balaban J connectivity index is 3.50. The summed E-state index contributed by atoms with van der Waals surface area (Å²) in [5, 5.41) is 11.6. The molecular formula is C10H23N3O2. The van der Waals surface area contributed by atoms with Gasteiger partial charge in [-0.2, -0.15) is 0 Å². The van der Waals surface area contributed by atoms with Crippen LogP contribution in [0.1, 0.15) is 20.3 Å². The first-order valence-corrected chi connectivity index (χ1v) is 5.38. The van der Waals surface area contributed by atoms with E-state index >= 15 is 0 Å². The van der Waals surface area contributed by atoms with E-state index in [0.717, 1.165) is 19.5 Å². The zero-order valence-corrected chi connectivity index (χ0v) is 9.86. The predicted molar refractivity (Wildman–Crippen MR) is 60.9 cm³/mol. The molecule has 2 atom stereocenters. The van der Waals surface area contributed by atoms with Crippen LogP contribution in [0.5, 0.6) is 0 Å². The Morgan fingerprint density at radius 2 is 2.20 bits per heavy atom. The molecule has 0 rings (SSSR count). The van der Waals surface area contributed by atoms with Crippen molar-refractivity contribution in [2.75, 3.05) is 26.7 Å². The first-order valence-electron chi connectivity index (χ1n) is 5.38. The lowest BCUT2D eigenvalue weighted by molar-refractivity contribution is -0.138. The van der Waals surface area contributed by atoms with E-state index in [9.17, 15) is 4.79 Å². The van der Waals surface area contributed by atoms with Crippen LogP contribution in [0, 0.1) is 0 Å². The topological polar surface area (TPSA) is 78.6 Å². The minimum Gasteiger partial charge on any atom is -0.480 e. The summed E-state index contributed by atoms with van der Waals surface area (Å²) in [6.07, 6.45) is 1.12. The van der Waals surface area contributed by atoms with Gasteiger partial charge < -0.3 is 21.1 Å². The molecule has 0 amide bonds. The van der Waals surface area contributed by atoms with E-state index in [1.807, 2.05) is 0 Å². The molecule has 0 aromatic carbocycles. The van der Waals surface area contributed by atoms with E-state index in [1.165, 1.54) is 0 Å². The fourth-order valence-electron chi connectivity index (χ4n) is 1.13. The number of rotatable bonds is 8. The number of nitrogens with one attached hydrogen (secondary N) is 1. The third-order valence-corrected chi connectivity index (χ3v) is 2.67. The van der Waals surface area contributed by atoms with E-state index in [0.29, 0.717) is 12.6 Å². The Labute approximate surface area is 91.6 Å². The van der Waals surface area contributed by atoms with Crippen LogP contribution in [0.3, 0.4) is 0 Å². The minimum atomic E-state index is -0.960. The highest BCUT2D eigenvalue weighted by Crippen LogP contribution is 1.97. The highest BCUT2D eigenvalue weighted by atomic mass is 16.4. The molecule has 0 aliphatic rings. The van der Waals surface area contributed by atoms with Crippen LogP contribution < -0.4 is 11.1 Å². The van der Waals surface area contributed by atoms with Gasteiger partial charge in [0.25, 0.3) is 0 Å². The number of carboxylic acid groups (broad SMARTS) is 1. The number of carboxylic acids is 1. The molecule has 0 bridgehead atoms. The Hall–Kier alpha value is -0.650. The van der Waals surface area contributed by atoms with Crippen molar-refractivity contribution < 1.29 is 9.90 Å². The van der Waals surface area contributed by atoms with Gasteiger partial charge in [-0.05, 0) is 20.4 Å². The van der Waals surface area contributed by atoms with Crippen LogP contribution in [0.15, 0.2) is 0 Å². The fourth-order valence-corrected chi connectivity index (χ4v) is 1.13. The van der Waals surface area contributed by atoms with Gasteiger partial charge in [0.2, 0.25) is 0 Å². The van der Waals surface area contributed by atoms with E-state index in [1.54, 1.807) is 0 Å². The molecule has 0 aromatic rings. The van der Waals surface area contributed by atoms with Gasteiger partial charge in [-0.25, -0.2) is 0 Å². The van der Waals surface area contributed by atoms with Crippen LogP contribution in [0.25, 0.3) is 0 Å². The van der Waals surface area contributed by atoms with Gasteiger partial charge in [0.05, 0.1) is 0 Å². The second-order valence-electron chi connectivity index (χ2n) is 3.89. The molecule has 0 saturated heterocycles. The lowest BCUT2D eigenvalue weighted by Gasteiger charge is -2.23. The average Bonchev–Trinajstić information content (AvgIpc) is 2.22. The summed E-state index contributed by atoms with van der Waals surface area (Å²) in [7, 11) is 2.06. The third kappa shape index (κ3) is 6.43. The first kappa shape index (κ1) is 14.3. The SMILES string of the molecule is CCC(C)N(C)CCNCC(N)C(=O)O. The molecule has 0 aliphatic carbocycles. The number of carbonyl (C=O) groups is 1. The average molecular weight is 217 g/mol. The van der Waals surface area contributed by atoms with E-state index in [4.69, 9.17) is 10.8 Å². The highest BCUT2D eigenvalue weighted by Gasteiger charge is 2.10. The molecule has 90 valence electrons. The minimum absolute atomic E-state index is 0.323. The second kappa shape index (κ2) is 7.62. The van der Waals surface area contributed by atoms with Crippen LogP contribution >= 0.6 is 0 Å². The quantitative estimate of drug-likeness (QED) is 0.487. The van der Waals surface area contributed by atoms with Crippen LogP contribution in [0.2, 0.25) is 0 Å². The maximum atomic E-state index is 10.4. The number of hydrogen-bond acceptors (Lipinski definition) is 4. The van der Waals surface area contributed by atoms with Crippen LogP contribution in [-0.4, -0.2) is 54.7 Å². The first-order chi connectivity index (χ1) is 6.99. The van der Waals surface area contributed by atoms with Gasteiger partial charge in [0, 0.05) is 25.7 Å². The van der Waals surface area contributed by atoms with Crippen LogP contribution in [0.4, 0.5) is 0 Å². The Kier molecular flexibility index (Phi) is 7.29. The van der Waals surface area contributed by atoms with E-state index < -0.39 is 12.0 Å². The predicted octanol–water partition coefficient (Wildman–Crippen LogP) is -0.282. The van der Waals surface area contributed by atoms with Gasteiger partial charge in [-0.15, -0.1) is 0 Å². The van der Waals surface area contributed by atoms with Gasteiger partial charge >= 0.3 is 5.97 Å². The zero-order chi connectivity index (χ0) is 11.8. The molecule has 0 saturated carbocycles. The molecular weight excluding hydrogens is 194 g/mol. The summed E-state index contributed by atoms with van der Waals surface area (Å²) >= 11 is 0. The smallest absolute Gasteiger partial charge is 0.321 e. The monoisotopic (exact) mass is 217 g/mol. The van der Waals surface area contributed by atoms with E-state index in [2.05, 4.69) is 31.1 Å². The summed E-state index contributed by atoms with van der Waals surface area (Å²) in [5.74, 6) is -0.960. The lowest BCUT2D eigenvalue weighted by Crippen LogP contribution is -2.43. The number of hydrogen-bond donors (Lipinski definition) is 3. The molecule has 0 radical (unpaired) electrons. The summed E-state index contributed by atoms with van der Waals surface area (Å²) in [4.78, 5) is 12.6. The van der Waals surface area contributed by atoms with Gasteiger partial charge in [-0.3, -0.25) is 4.79 Å². The largest absolute Gasteiger partial charge is 0.480 e. The molecule has 4 N–H and O–H groups in total. The van der Waals surface area contributed by atoms with Crippen molar-refractivity contribution in [2.45, 2.75) is 32.4 Å². The molecule has 5 nitrogen and oxygen atoms in total. The van der Waals surface area contributed by atoms with Crippen molar-refractivity contribution in [3.63, 3.8) is 0 Å². The van der Waals surface area contributed by atoms with Crippen molar-refractivity contribution in [3.8, 4) is 0 Å². The number of nitrogens with zero attached hydrogens (tertiary/aromatic N) is 1. The number of nitrogens with two attached hydrogens (primary N) is 1. The van der Waals surface area contributed by atoms with Crippen molar-refractivity contribution in [1.29, 1.82) is 0 Å². The summed E-state index contributed by atoms with van der Waals surface area (Å²) < 4.78 is 0. The molecule has 0 aromatic heterocycles. The maximum absolute atomic E-state index is 10.4.